The predicted octanol–water partition coefficient (Wildman–Crippen LogP) is 4.27. The summed E-state index contributed by atoms with van der Waals surface area (Å²) in [5.74, 6) is -1.46. The molecule has 2 N–H and O–H groups in total. The van der Waals surface area contributed by atoms with Crippen LogP contribution in [0.5, 0.6) is 0 Å². The molecular formula is C26H32F3N7O2. The molecule has 9 nitrogen and oxygen atoms in total. The van der Waals surface area contributed by atoms with Gasteiger partial charge in [-0.25, -0.2) is 4.39 Å². The molecule has 0 spiro atoms. The first-order valence-corrected chi connectivity index (χ1v) is 12.1. The van der Waals surface area contributed by atoms with Crippen molar-refractivity contribution in [2.24, 2.45) is 0 Å². The molecule has 1 aliphatic rings. The van der Waals surface area contributed by atoms with E-state index in [1.54, 1.807) is 25.2 Å². The maximum Gasteiger partial charge on any atom is 0.314 e. The minimum Gasteiger partial charge on any atom is -0.415 e. The number of piperazine rings is 1. The molecule has 0 aliphatic carbocycles. The number of anilines is 2. The number of carbonyl (C=O) groups is 1. The van der Waals surface area contributed by atoms with Crippen LogP contribution >= 0.6 is 0 Å². The van der Waals surface area contributed by atoms with Crippen LogP contribution < -0.4 is 10.2 Å². The van der Waals surface area contributed by atoms with Gasteiger partial charge in [-0.15, -0.1) is 10.2 Å². The van der Waals surface area contributed by atoms with Crippen molar-refractivity contribution in [2.45, 2.75) is 19.9 Å². The molecule has 2 aromatic carbocycles. The first-order chi connectivity index (χ1) is 18.3. The summed E-state index contributed by atoms with van der Waals surface area (Å²) in [5, 5.41) is 17.2. The van der Waals surface area contributed by atoms with Crippen LogP contribution in [-0.4, -0.2) is 79.4 Å². The van der Waals surface area contributed by atoms with Gasteiger partial charge in [0.15, 0.2) is 0 Å². The Bertz CT molecular complexity index is 1210. The van der Waals surface area contributed by atoms with E-state index < -0.39 is 18.1 Å². The number of halogens is 3. The van der Waals surface area contributed by atoms with E-state index in [2.05, 4.69) is 27.3 Å². The molecule has 38 heavy (non-hydrogen) atoms. The summed E-state index contributed by atoms with van der Waals surface area (Å²) >= 11 is 0. The molecule has 0 radical (unpaired) electrons. The summed E-state index contributed by atoms with van der Waals surface area (Å²) in [6.45, 7) is 7.41. The first kappa shape index (κ1) is 28.6. The lowest BCUT2D eigenvalue weighted by atomic mass is 10.1. The molecule has 1 fully saturated rings. The van der Waals surface area contributed by atoms with Crippen molar-refractivity contribution in [3.8, 4) is 11.5 Å². The molecule has 0 bridgehead atoms. The second kappa shape index (κ2) is 13.6. The van der Waals surface area contributed by atoms with Crippen molar-refractivity contribution in [1.29, 1.82) is 5.41 Å². The monoisotopic (exact) mass is 531 g/mol. The molecule has 1 saturated heterocycles. The van der Waals surface area contributed by atoms with Crippen LogP contribution in [0.25, 0.3) is 11.5 Å². The SMILES string of the molecule is CCN1CCN(C=O)CC1.CNc1cc(N(C)Cc2ccc(-c3nnc(C(F)F)o3)cc2F)ccc1C=N. The van der Waals surface area contributed by atoms with Crippen molar-refractivity contribution >= 4 is 24.0 Å². The Morgan fingerprint density at radius 1 is 1.16 bits per heavy atom. The van der Waals surface area contributed by atoms with Crippen LogP contribution in [0.4, 0.5) is 24.5 Å². The highest BCUT2D eigenvalue weighted by atomic mass is 19.3. The number of amides is 1. The Morgan fingerprint density at radius 3 is 2.45 bits per heavy atom. The van der Waals surface area contributed by atoms with Crippen LogP contribution in [0.2, 0.25) is 0 Å². The van der Waals surface area contributed by atoms with Gasteiger partial charge in [-0.2, -0.15) is 8.78 Å². The summed E-state index contributed by atoms with van der Waals surface area (Å²) in [6.07, 6.45) is -0.682. The van der Waals surface area contributed by atoms with Crippen molar-refractivity contribution in [1.82, 2.24) is 20.0 Å². The Labute approximate surface area is 219 Å². The number of aromatic nitrogens is 2. The zero-order valence-electron chi connectivity index (χ0n) is 21.6. The summed E-state index contributed by atoms with van der Waals surface area (Å²) < 4.78 is 44.5. The molecular weight excluding hydrogens is 499 g/mol. The van der Waals surface area contributed by atoms with Gasteiger partial charge in [0.1, 0.15) is 5.82 Å². The van der Waals surface area contributed by atoms with E-state index in [0.29, 0.717) is 5.56 Å². The van der Waals surface area contributed by atoms with Gasteiger partial charge in [0.05, 0.1) is 0 Å². The summed E-state index contributed by atoms with van der Waals surface area (Å²) in [4.78, 5) is 16.3. The molecule has 1 amide bonds. The van der Waals surface area contributed by atoms with E-state index in [1.807, 2.05) is 29.0 Å². The quantitative estimate of drug-likeness (QED) is 0.314. The maximum absolute atomic E-state index is 14.5. The van der Waals surface area contributed by atoms with Crippen molar-refractivity contribution < 1.29 is 22.4 Å². The average molecular weight is 532 g/mol. The van der Waals surface area contributed by atoms with E-state index in [-0.39, 0.29) is 18.0 Å². The van der Waals surface area contributed by atoms with Gasteiger partial charge in [0.2, 0.25) is 12.3 Å². The fourth-order valence-electron chi connectivity index (χ4n) is 3.90. The van der Waals surface area contributed by atoms with Crippen LogP contribution in [0.15, 0.2) is 40.8 Å². The Morgan fingerprint density at radius 2 is 1.89 bits per heavy atom. The summed E-state index contributed by atoms with van der Waals surface area (Å²) in [5.41, 5.74) is 3.04. The molecule has 4 rings (SSSR count). The average Bonchev–Trinajstić information content (AvgIpc) is 3.45. The summed E-state index contributed by atoms with van der Waals surface area (Å²) in [6, 6.07) is 9.81. The van der Waals surface area contributed by atoms with E-state index in [0.717, 1.165) is 56.1 Å². The number of benzene rings is 2. The number of nitrogens with one attached hydrogen (secondary N) is 2. The van der Waals surface area contributed by atoms with E-state index in [1.165, 1.54) is 12.3 Å². The highest BCUT2D eigenvalue weighted by molar-refractivity contribution is 5.87. The number of hydrogen-bond acceptors (Lipinski definition) is 8. The molecule has 0 unspecified atom stereocenters. The second-order valence-corrected chi connectivity index (χ2v) is 8.65. The van der Waals surface area contributed by atoms with Crippen LogP contribution in [-0.2, 0) is 11.3 Å². The number of carbonyl (C=O) groups excluding carboxylic acids is 1. The van der Waals surface area contributed by atoms with Gasteiger partial charge in [-0.1, -0.05) is 13.0 Å². The van der Waals surface area contributed by atoms with Gasteiger partial charge in [0, 0.05) is 81.1 Å². The van der Waals surface area contributed by atoms with Gasteiger partial charge in [-0.3, -0.25) is 4.79 Å². The fraction of sp³-hybridized carbons (Fsp3) is 0.385. The third-order valence-electron chi connectivity index (χ3n) is 6.24. The molecule has 2 heterocycles. The third kappa shape index (κ3) is 7.31. The third-order valence-corrected chi connectivity index (χ3v) is 6.24. The molecule has 0 saturated carbocycles. The lowest BCUT2D eigenvalue weighted by Crippen LogP contribution is -2.45. The van der Waals surface area contributed by atoms with Gasteiger partial charge < -0.3 is 29.8 Å². The molecule has 204 valence electrons. The molecule has 12 heteroatoms. The summed E-state index contributed by atoms with van der Waals surface area (Å²) in [7, 11) is 3.58. The zero-order chi connectivity index (χ0) is 27.7. The highest BCUT2D eigenvalue weighted by Crippen LogP contribution is 2.27. The molecule has 3 aromatic rings. The van der Waals surface area contributed by atoms with Gasteiger partial charge >= 0.3 is 6.43 Å². The Hall–Kier alpha value is -3.93. The van der Waals surface area contributed by atoms with Crippen molar-refractivity contribution in [3.63, 3.8) is 0 Å². The minimum absolute atomic E-state index is 0.157. The molecule has 1 aromatic heterocycles. The van der Waals surface area contributed by atoms with Crippen LogP contribution in [0.3, 0.4) is 0 Å². The minimum atomic E-state index is -2.87. The lowest BCUT2D eigenvalue weighted by molar-refractivity contribution is -0.119. The molecule has 1 aliphatic heterocycles. The lowest BCUT2D eigenvalue weighted by Gasteiger charge is -2.31. The van der Waals surface area contributed by atoms with E-state index in [4.69, 9.17) is 9.83 Å². The predicted molar refractivity (Wildman–Crippen MR) is 140 cm³/mol. The van der Waals surface area contributed by atoms with Gasteiger partial charge in [-0.05, 0) is 36.9 Å². The number of alkyl halides is 2. The van der Waals surface area contributed by atoms with Crippen LogP contribution in [0.1, 0.15) is 30.4 Å². The topological polar surface area (TPSA) is 102 Å². The smallest absolute Gasteiger partial charge is 0.314 e. The Balaban J connectivity index is 0.000000336. The number of hydrogen-bond donors (Lipinski definition) is 2. The maximum atomic E-state index is 14.5. The molecule has 0 atom stereocenters. The fourth-order valence-corrected chi connectivity index (χ4v) is 3.90. The van der Waals surface area contributed by atoms with Gasteiger partial charge in [0.25, 0.3) is 5.89 Å². The number of rotatable bonds is 9. The van der Waals surface area contributed by atoms with Crippen molar-refractivity contribution in [2.75, 3.05) is 57.0 Å². The highest BCUT2D eigenvalue weighted by Gasteiger charge is 2.18. The van der Waals surface area contributed by atoms with Crippen molar-refractivity contribution in [3.05, 3.63) is 59.2 Å². The zero-order valence-corrected chi connectivity index (χ0v) is 21.6. The largest absolute Gasteiger partial charge is 0.415 e. The normalized spacial score (nSPS) is 13.6. The first-order valence-electron chi connectivity index (χ1n) is 12.1. The number of nitrogens with zero attached hydrogens (tertiary/aromatic N) is 5. The van der Waals surface area contributed by atoms with E-state index in [9.17, 15) is 18.0 Å². The van der Waals surface area contributed by atoms with E-state index >= 15 is 0 Å². The van der Waals surface area contributed by atoms with Crippen LogP contribution in [0, 0.1) is 11.2 Å². The number of likely N-dealkylation sites (N-methyl/N-ethyl adjacent to an activating group) is 1. The standard InChI is InChI=1S/C19H18F3N5O.C7H14N2O/c1-24-16-8-14(6-5-12(16)9-23)27(2)10-13-4-3-11(7-15(13)20)18-25-26-19(28-18)17(21)22;1-2-8-3-5-9(7-10)6-4-8/h3-9,17,23-24H,10H2,1-2H3;7H,2-6H2,1H3. The second-order valence-electron chi connectivity index (χ2n) is 8.65. The Kier molecular flexibility index (Phi) is 10.2.